The van der Waals surface area contributed by atoms with Gasteiger partial charge >= 0.3 is 0 Å². The SMILES string of the molecule is Nc1ncnc2c1ncn2[C@@H]1O[C@@H](C(=O)[O-])[C@@H](O)[C@@H]1O. The molecule has 10 heteroatoms. The van der Waals surface area contributed by atoms with Crippen molar-refractivity contribution in [1.29, 1.82) is 0 Å². The molecule has 3 rings (SSSR count). The third-order valence-electron chi connectivity index (χ3n) is 3.13. The first-order valence-corrected chi connectivity index (χ1v) is 5.66. The lowest BCUT2D eigenvalue weighted by atomic mass is 10.1. The van der Waals surface area contributed by atoms with Crippen molar-refractivity contribution < 1.29 is 24.9 Å². The number of aromatic nitrogens is 4. The largest absolute Gasteiger partial charge is 0.547 e. The molecule has 0 aromatic carbocycles. The average Bonchev–Trinajstić information content (AvgIpc) is 2.94. The average molecular weight is 280 g/mol. The van der Waals surface area contributed by atoms with Crippen LogP contribution in [0.25, 0.3) is 11.2 Å². The number of nitrogens with zero attached hydrogens (tertiary/aromatic N) is 4. The van der Waals surface area contributed by atoms with Crippen LogP contribution in [0.15, 0.2) is 12.7 Å². The highest BCUT2D eigenvalue weighted by atomic mass is 16.6. The molecule has 0 spiro atoms. The van der Waals surface area contributed by atoms with E-state index in [-0.39, 0.29) is 17.0 Å². The lowest BCUT2D eigenvalue weighted by Crippen LogP contribution is -2.43. The monoisotopic (exact) mass is 280 g/mol. The topological polar surface area (TPSA) is 159 Å². The maximum atomic E-state index is 10.8. The van der Waals surface area contributed by atoms with Crippen LogP contribution in [-0.2, 0) is 9.53 Å². The van der Waals surface area contributed by atoms with Crippen molar-refractivity contribution in [2.24, 2.45) is 0 Å². The number of fused-ring (bicyclic) bond motifs is 1. The van der Waals surface area contributed by atoms with E-state index in [0.29, 0.717) is 0 Å². The van der Waals surface area contributed by atoms with Crippen LogP contribution in [0, 0.1) is 0 Å². The quantitative estimate of drug-likeness (QED) is 0.514. The van der Waals surface area contributed by atoms with Crippen LogP contribution in [0.2, 0.25) is 0 Å². The summed E-state index contributed by atoms with van der Waals surface area (Å²) in [6.07, 6.45) is -3.40. The van der Waals surface area contributed by atoms with Gasteiger partial charge in [0, 0.05) is 0 Å². The van der Waals surface area contributed by atoms with Crippen molar-refractivity contribution in [3.63, 3.8) is 0 Å². The lowest BCUT2D eigenvalue weighted by Gasteiger charge is -2.16. The van der Waals surface area contributed by atoms with Crippen LogP contribution < -0.4 is 10.8 Å². The molecule has 3 heterocycles. The van der Waals surface area contributed by atoms with E-state index in [1.165, 1.54) is 17.2 Å². The summed E-state index contributed by atoms with van der Waals surface area (Å²) in [5, 5.41) is 30.3. The molecule has 106 valence electrons. The number of aliphatic carboxylic acids is 1. The number of aliphatic hydroxyl groups is 2. The normalized spacial score (nSPS) is 29.9. The fourth-order valence-electron chi connectivity index (χ4n) is 2.14. The first-order chi connectivity index (χ1) is 9.50. The molecule has 10 nitrogen and oxygen atoms in total. The van der Waals surface area contributed by atoms with E-state index >= 15 is 0 Å². The van der Waals surface area contributed by atoms with Crippen molar-refractivity contribution in [3.05, 3.63) is 12.7 Å². The minimum absolute atomic E-state index is 0.137. The minimum Gasteiger partial charge on any atom is -0.547 e. The Morgan fingerprint density at radius 1 is 1.35 bits per heavy atom. The highest BCUT2D eigenvalue weighted by molar-refractivity contribution is 5.81. The van der Waals surface area contributed by atoms with Gasteiger partial charge in [0.25, 0.3) is 0 Å². The van der Waals surface area contributed by atoms with Gasteiger partial charge in [0.15, 0.2) is 17.7 Å². The summed E-state index contributed by atoms with van der Waals surface area (Å²) >= 11 is 0. The van der Waals surface area contributed by atoms with Gasteiger partial charge in [-0.2, -0.15) is 0 Å². The molecular weight excluding hydrogens is 270 g/mol. The molecule has 1 aliphatic rings. The van der Waals surface area contributed by atoms with Crippen LogP contribution in [0.3, 0.4) is 0 Å². The van der Waals surface area contributed by atoms with E-state index in [4.69, 9.17) is 10.5 Å². The Bertz CT molecular complexity index is 673. The number of rotatable bonds is 2. The third-order valence-corrected chi connectivity index (χ3v) is 3.13. The van der Waals surface area contributed by atoms with E-state index < -0.39 is 30.5 Å². The van der Waals surface area contributed by atoms with E-state index in [0.717, 1.165) is 0 Å². The molecule has 1 fully saturated rings. The van der Waals surface area contributed by atoms with E-state index in [1.807, 2.05) is 0 Å². The molecule has 1 aliphatic heterocycles. The number of ether oxygens (including phenoxy) is 1. The van der Waals surface area contributed by atoms with Crippen molar-refractivity contribution in [2.45, 2.75) is 24.5 Å². The van der Waals surface area contributed by atoms with Gasteiger partial charge in [-0.15, -0.1) is 0 Å². The number of carbonyl (C=O) groups excluding carboxylic acids is 1. The van der Waals surface area contributed by atoms with Gasteiger partial charge < -0.3 is 30.6 Å². The molecule has 20 heavy (non-hydrogen) atoms. The second kappa shape index (κ2) is 4.37. The summed E-state index contributed by atoms with van der Waals surface area (Å²) in [7, 11) is 0. The Balaban J connectivity index is 2.04. The van der Waals surface area contributed by atoms with Crippen LogP contribution in [0.4, 0.5) is 5.82 Å². The van der Waals surface area contributed by atoms with E-state index in [9.17, 15) is 20.1 Å². The maximum absolute atomic E-state index is 10.8. The molecule has 0 saturated carbocycles. The maximum Gasteiger partial charge on any atom is 0.167 e. The Labute approximate surface area is 111 Å². The van der Waals surface area contributed by atoms with Crippen LogP contribution in [-0.4, -0.2) is 54.0 Å². The summed E-state index contributed by atoms with van der Waals surface area (Å²) in [4.78, 5) is 22.5. The number of carbonyl (C=O) groups is 1. The summed E-state index contributed by atoms with van der Waals surface area (Å²) in [5.41, 5.74) is 6.17. The molecule has 2 aromatic rings. The minimum atomic E-state index is -1.63. The Kier molecular flexibility index (Phi) is 2.78. The van der Waals surface area contributed by atoms with Crippen LogP contribution in [0.5, 0.6) is 0 Å². The molecule has 0 unspecified atom stereocenters. The third kappa shape index (κ3) is 1.70. The van der Waals surface area contributed by atoms with Crippen molar-refractivity contribution >= 4 is 23.0 Å². The molecule has 0 bridgehead atoms. The van der Waals surface area contributed by atoms with Gasteiger partial charge in [-0.1, -0.05) is 0 Å². The van der Waals surface area contributed by atoms with Gasteiger partial charge in [-0.25, -0.2) is 15.0 Å². The number of hydrogen-bond acceptors (Lipinski definition) is 9. The van der Waals surface area contributed by atoms with Gasteiger partial charge in [-0.05, 0) is 0 Å². The zero-order valence-electron chi connectivity index (χ0n) is 9.95. The first-order valence-electron chi connectivity index (χ1n) is 5.66. The van der Waals surface area contributed by atoms with Gasteiger partial charge in [0.1, 0.15) is 30.2 Å². The molecule has 0 amide bonds. The van der Waals surface area contributed by atoms with Crippen molar-refractivity contribution in [2.75, 3.05) is 5.73 Å². The molecule has 4 N–H and O–H groups in total. The zero-order chi connectivity index (χ0) is 14.4. The number of aliphatic hydroxyl groups excluding tert-OH is 2. The summed E-state index contributed by atoms with van der Waals surface area (Å²) in [6, 6.07) is 0. The fourth-order valence-corrected chi connectivity index (χ4v) is 2.14. The molecule has 0 radical (unpaired) electrons. The van der Waals surface area contributed by atoms with Crippen LogP contribution >= 0.6 is 0 Å². The number of imidazole rings is 1. The number of carboxylic acids is 1. The fraction of sp³-hybridized carbons (Fsp3) is 0.400. The molecule has 2 aromatic heterocycles. The molecule has 0 aliphatic carbocycles. The first kappa shape index (κ1) is 12.7. The molecule has 4 atom stereocenters. The smallest absolute Gasteiger partial charge is 0.167 e. The molecule has 1 saturated heterocycles. The van der Waals surface area contributed by atoms with Crippen molar-refractivity contribution in [1.82, 2.24) is 19.5 Å². The lowest BCUT2D eigenvalue weighted by molar-refractivity contribution is -0.318. The highest BCUT2D eigenvalue weighted by Crippen LogP contribution is 2.31. The number of nitrogen functional groups attached to an aromatic ring is 1. The van der Waals surface area contributed by atoms with E-state index in [2.05, 4.69) is 15.0 Å². The number of nitrogens with two attached hydrogens (primary N) is 1. The van der Waals surface area contributed by atoms with Gasteiger partial charge in [-0.3, -0.25) is 4.57 Å². The Morgan fingerprint density at radius 3 is 2.75 bits per heavy atom. The van der Waals surface area contributed by atoms with Crippen LogP contribution in [0.1, 0.15) is 6.23 Å². The number of carboxylic acid groups (broad SMARTS) is 1. The van der Waals surface area contributed by atoms with Gasteiger partial charge in [0.05, 0.1) is 12.3 Å². The van der Waals surface area contributed by atoms with Crippen molar-refractivity contribution in [3.8, 4) is 0 Å². The standard InChI is InChI=1S/C10H11N5O5/c11-7-3-8(13-1-12-7)15(2-14-3)9-5(17)4(16)6(20-9)10(18)19/h1-2,4-6,9,16-17H,(H,18,19)(H2,11,12,13)/p-1/t4-,5-,6+,9+/m0/s1. The summed E-state index contributed by atoms with van der Waals surface area (Å²) in [6.45, 7) is 0. The predicted molar refractivity (Wildman–Crippen MR) is 60.7 cm³/mol. The van der Waals surface area contributed by atoms with Gasteiger partial charge in [0.2, 0.25) is 0 Å². The zero-order valence-corrected chi connectivity index (χ0v) is 9.95. The number of hydrogen-bond donors (Lipinski definition) is 3. The Morgan fingerprint density at radius 2 is 2.10 bits per heavy atom. The number of anilines is 1. The second-order valence-corrected chi connectivity index (χ2v) is 4.33. The highest BCUT2D eigenvalue weighted by Gasteiger charge is 2.45. The summed E-state index contributed by atoms with van der Waals surface area (Å²) in [5.74, 6) is -1.48. The Hall–Kier alpha value is -2.30. The van der Waals surface area contributed by atoms with E-state index in [1.54, 1.807) is 0 Å². The second-order valence-electron chi connectivity index (χ2n) is 4.33. The molecular formula is C10H10N5O5-. The predicted octanol–water partition coefficient (Wildman–Crippen LogP) is -3.22. The summed E-state index contributed by atoms with van der Waals surface area (Å²) < 4.78 is 6.38.